The number of rotatable bonds is 4. The highest BCUT2D eigenvalue weighted by molar-refractivity contribution is 5.81. The molecule has 1 heterocycles. The predicted octanol–water partition coefficient (Wildman–Crippen LogP) is 3.96. The van der Waals surface area contributed by atoms with E-state index >= 15 is 0 Å². The standard InChI is InChI=1S/C20H29NO5/c1-12(2)16-8-7-14(9-13(16)3)25-15-10-17(18(22)23)21(11-15)19(24)26-20(4,5)6/h7-9,12,15,17H,10-11H2,1-6H3,(H,22,23)/t15-,17-/m0/s1. The first kappa shape index (κ1) is 20.1. The van der Waals surface area contributed by atoms with E-state index in [4.69, 9.17) is 9.47 Å². The molecule has 2 rings (SSSR count). The third-order valence-corrected chi connectivity index (χ3v) is 4.34. The van der Waals surface area contributed by atoms with Crippen LogP contribution >= 0.6 is 0 Å². The highest BCUT2D eigenvalue weighted by Gasteiger charge is 2.42. The van der Waals surface area contributed by atoms with Crippen molar-refractivity contribution in [2.75, 3.05) is 6.54 Å². The summed E-state index contributed by atoms with van der Waals surface area (Å²) in [5.41, 5.74) is 1.71. The Kier molecular flexibility index (Phi) is 5.84. The Labute approximate surface area is 155 Å². The van der Waals surface area contributed by atoms with Crippen LogP contribution in [0.1, 0.15) is 58.1 Å². The number of carbonyl (C=O) groups excluding carboxylic acids is 1. The molecule has 2 atom stereocenters. The number of aryl methyl sites for hydroxylation is 1. The van der Waals surface area contributed by atoms with Crippen molar-refractivity contribution in [3.05, 3.63) is 29.3 Å². The highest BCUT2D eigenvalue weighted by Crippen LogP contribution is 2.28. The summed E-state index contributed by atoms with van der Waals surface area (Å²) in [6.45, 7) is 11.8. The Morgan fingerprint density at radius 2 is 1.92 bits per heavy atom. The van der Waals surface area contributed by atoms with Crippen molar-refractivity contribution in [1.82, 2.24) is 4.90 Å². The van der Waals surface area contributed by atoms with Crippen LogP contribution in [-0.2, 0) is 9.53 Å². The fourth-order valence-electron chi connectivity index (χ4n) is 3.20. The van der Waals surface area contributed by atoms with E-state index in [9.17, 15) is 14.7 Å². The zero-order valence-electron chi connectivity index (χ0n) is 16.4. The molecule has 0 bridgehead atoms. The van der Waals surface area contributed by atoms with Gasteiger partial charge in [-0.1, -0.05) is 19.9 Å². The van der Waals surface area contributed by atoms with Crippen molar-refractivity contribution in [2.24, 2.45) is 0 Å². The number of benzene rings is 1. The number of carboxylic acids is 1. The maximum atomic E-state index is 12.3. The van der Waals surface area contributed by atoms with Crippen molar-refractivity contribution < 1.29 is 24.2 Å². The zero-order valence-corrected chi connectivity index (χ0v) is 16.4. The van der Waals surface area contributed by atoms with E-state index in [1.807, 2.05) is 25.1 Å². The number of nitrogens with zero attached hydrogens (tertiary/aromatic N) is 1. The first-order chi connectivity index (χ1) is 12.0. The maximum Gasteiger partial charge on any atom is 0.411 e. The van der Waals surface area contributed by atoms with E-state index in [1.165, 1.54) is 10.5 Å². The molecule has 144 valence electrons. The van der Waals surface area contributed by atoms with Gasteiger partial charge in [-0.25, -0.2) is 9.59 Å². The Bertz CT molecular complexity index is 677. The van der Waals surface area contributed by atoms with Crippen molar-refractivity contribution in [1.29, 1.82) is 0 Å². The second-order valence-electron chi connectivity index (χ2n) is 8.14. The largest absolute Gasteiger partial charge is 0.488 e. The summed E-state index contributed by atoms with van der Waals surface area (Å²) in [5.74, 6) is 0.0648. The quantitative estimate of drug-likeness (QED) is 0.876. The summed E-state index contributed by atoms with van der Waals surface area (Å²) in [5, 5.41) is 9.45. The van der Waals surface area contributed by atoms with Crippen LogP contribution in [0.2, 0.25) is 0 Å². The minimum atomic E-state index is -1.05. The fourth-order valence-corrected chi connectivity index (χ4v) is 3.20. The van der Waals surface area contributed by atoms with E-state index in [2.05, 4.69) is 13.8 Å². The molecule has 0 unspecified atom stereocenters. The van der Waals surface area contributed by atoms with Gasteiger partial charge in [-0.3, -0.25) is 4.90 Å². The number of amides is 1. The molecule has 0 spiro atoms. The van der Waals surface area contributed by atoms with Crippen LogP contribution in [0.3, 0.4) is 0 Å². The van der Waals surface area contributed by atoms with Crippen molar-refractivity contribution >= 4 is 12.1 Å². The van der Waals surface area contributed by atoms with Gasteiger partial charge in [0.2, 0.25) is 0 Å². The molecule has 1 aliphatic rings. The van der Waals surface area contributed by atoms with Crippen LogP contribution in [0.5, 0.6) is 5.75 Å². The summed E-state index contributed by atoms with van der Waals surface area (Å²) in [6, 6.07) is 4.95. The first-order valence-electron chi connectivity index (χ1n) is 8.97. The Morgan fingerprint density at radius 1 is 1.27 bits per heavy atom. The summed E-state index contributed by atoms with van der Waals surface area (Å²) < 4.78 is 11.3. The molecule has 0 aromatic heterocycles. The molecule has 26 heavy (non-hydrogen) atoms. The SMILES string of the molecule is Cc1cc(O[C@H]2C[C@@H](C(=O)O)N(C(=O)OC(C)(C)C)C2)ccc1C(C)C. The van der Waals surface area contributed by atoms with Gasteiger partial charge in [-0.05, 0) is 56.9 Å². The molecular weight excluding hydrogens is 334 g/mol. The van der Waals surface area contributed by atoms with Crippen molar-refractivity contribution in [3.8, 4) is 5.75 Å². The first-order valence-corrected chi connectivity index (χ1v) is 8.97. The summed E-state index contributed by atoms with van der Waals surface area (Å²) in [4.78, 5) is 25.1. The Balaban J connectivity index is 2.11. The van der Waals surface area contributed by atoms with Gasteiger partial charge in [-0.15, -0.1) is 0 Å². The topological polar surface area (TPSA) is 76.1 Å². The van der Waals surface area contributed by atoms with Crippen LogP contribution in [0, 0.1) is 6.92 Å². The molecule has 1 aromatic rings. The fraction of sp³-hybridized carbons (Fsp3) is 0.600. The van der Waals surface area contributed by atoms with E-state index in [-0.39, 0.29) is 19.1 Å². The second kappa shape index (κ2) is 7.56. The third kappa shape index (κ3) is 4.90. The number of hydrogen-bond acceptors (Lipinski definition) is 4. The zero-order chi connectivity index (χ0) is 19.6. The average Bonchev–Trinajstić information content (AvgIpc) is 2.89. The second-order valence-corrected chi connectivity index (χ2v) is 8.14. The van der Waals surface area contributed by atoms with Crippen molar-refractivity contribution in [3.63, 3.8) is 0 Å². The highest BCUT2D eigenvalue weighted by atomic mass is 16.6. The van der Waals surface area contributed by atoms with Gasteiger partial charge < -0.3 is 14.6 Å². The van der Waals surface area contributed by atoms with Crippen LogP contribution in [-0.4, -0.2) is 46.4 Å². The monoisotopic (exact) mass is 363 g/mol. The smallest absolute Gasteiger partial charge is 0.411 e. The molecule has 6 nitrogen and oxygen atoms in total. The summed E-state index contributed by atoms with van der Waals surface area (Å²) in [6.07, 6.45) is -0.769. The third-order valence-electron chi connectivity index (χ3n) is 4.34. The molecule has 0 aliphatic carbocycles. The number of hydrogen-bond donors (Lipinski definition) is 1. The average molecular weight is 363 g/mol. The number of likely N-dealkylation sites (tertiary alicyclic amines) is 1. The Hall–Kier alpha value is -2.24. The molecule has 0 saturated carbocycles. The molecule has 1 saturated heterocycles. The van der Waals surface area contributed by atoms with E-state index in [0.29, 0.717) is 11.7 Å². The minimum absolute atomic E-state index is 0.191. The molecule has 1 aliphatic heterocycles. The van der Waals surface area contributed by atoms with Gasteiger partial charge in [0.15, 0.2) is 0 Å². The molecular formula is C20H29NO5. The molecule has 1 amide bonds. The van der Waals surface area contributed by atoms with E-state index in [0.717, 1.165) is 5.56 Å². The molecule has 1 N–H and O–H groups in total. The van der Waals surface area contributed by atoms with Crippen LogP contribution < -0.4 is 4.74 Å². The van der Waals surface area contributed by atoms with Gasteiger partial charge in [0.25, 0.3) is 0 Å². The van der Waals surface area contributed by atoms with Crippen molar-refractivity contribution in [2.45, 2.75) is 71.6 Å². The van der Waals surface area contributed by atoms with Gasteiger partial charge in [0.1, 0.15) is 23.5 Å². The van der Waals surface area contributed by atoms with Gasteiger partial charge in [0, 0.05) is 6.42 Å². The van der Waals surface area contributed by atoms with E-state index < -0.39 is 23.7 Å². The van der Waals surface area contributed by atoms with Crippen LogP contribution in [0.25, 0.3) is 0 Å². The number of carbonyl (C=O) groups is 2. The van der Waals surface area contributed by atoms with Gasteiger partial charge in [-0.2, -0.15) is 0 Å². The lowest BCUT2D eigenvalue weighted by molar-refractivity contribution is -0.142. The van der Waals surface area contributed by atoms with Gasteiger partial charge >= 0.3 is 12.1 Å². The number of ether oxygens (including phenoxy) is 2. The summed E-state index contributed by atoms with van der Waals surface area (Å²) in [7, 11) is 0. The summed E-state index contributed by atoms with van der Waals surface area (Å²) >= 11 is 0. The van der Waals surface area contributed by atoms with Crippen LogP contribution in [0.4, 0.5) is 4.79 Å². The van der Waals surface area contributed by atoms with E-state index in [1.54, 1.807) is 20.8 Å². The molecule has 0 radical (unpaired) electrons. The normalized spacial score (nSPS) is 20.3. The molecule has 6 heteroatoms. The maximum absolute atomic E-state index is 12.3. The number of carboxylic acid groups (broad SMARTS) is 1. The lowest BCUT2D eigenvalue weighted by Crippen LogP contribution is -2.43. The molecule has 1 aromatic carbocycles. The molecule has 1 fully saturated rings. The predicted molar refractivity (Wildman–Crippen MR) is 98.7 cm³/mol. The Morgan fingerprint density at radius 3 is 2.42 bits per heavy atom. The minimum Gasteiger partial charge on any atom is -0.488 e. The lowest BCUT2D eigenvalue weighted by Gasteiger charge is -2.26. The van der Waals surface area contributed by atoms with Gasteiger partial charge in [0.05, 0.1) is 6.54 Å². The van der Waals surface area contributed by atoms with Crippen LogP contribution in [0.15, 0.2) is 18.2 Å². The lowest BCUT2D eigenvalue weighted by atomic mass is 9.98. The number of aliphatic carboxylic acids is 1.